The Morgan fingerprint density at radius 3 is 2.71 bits per heavy atom. The van der Waals surface area contributed by atoms with Crippen LogP contribution in [0.1, 0.15) is 39.0 Å². The molecule has 2 heterocycles. The predicted molar refractivity (Wildman–Crippen MR) is 86.8 cm³/mol. The van der Waals surface area contributed by atoms with Gasteiger partial charge >= 0.3 is 0 Å². The van der Waals surface area contributed by atoms with E-state index in [0.717, 1.165) is 35.7 Å². The van der Waals surface area contributed by atoms with E-state index in [2.05, 4.69) is 27.5 Å². The highest BCUT2D eigenvalue weighted by molar-refractivity contribution is 5.65. The summed E-state index contributed by atoms with van der Waals surface area (Å²) in [6.07, 6.45) is 12.5. The van der Waals surface area contributed by atoms with Gasteiger partial charge < -0.3 is 15.0 Å². The van der Waals surface area contributed by atoms with Gasteiger partial charge in [0.1, 0.15) is 5.82 Å². The Hall–Kier alpha value is -1.78. The summed E-state index contributed by atoms with van der Waals surface area (Å²) in [6.45, 7) is 3.31. The SMILES string of the molecule is CCC1CCC(CNc2nc(NC)cn3ccnc23)CC1. The predicted octanol–water partition coefficient (Wildman–Crippen LogP) is 3.40. The van der Waals surface area contributed by atoms with E-state index in [0.29, 0.717) is 0 Å². The zero-order valence-electron chi connectivity index (χ0n) is 13.0. The van der Waals surface area contributed by atoms with E-state index in [9.17, 15) is 0 Å². The van der Waals surface area contributed by atoms with Crippen molar-refractivity contribution in [2.45, 2.75) is 39.0 Å². The number of nitrogens with zero attached hydrogens (tertiary/aromatic N) is 3. The molecule has 21 heavy (non-hydrogen) atoms. The van der Waals surface area contributed by atoms with Gasteiger partial charge in [0, 0.05) is 26.0 Å². The number of hydrogen-bond donors (Lipinski definition) is 2. The van der Waals surface area contributed by atoms with Crippen molar-refractivity contribution in [2.75, 3.05) is 24.2 Å². The van der Waals surface area contributed by atoms with Crippen LogP contribution in [0.3, 0.4) is 0 Å². The van der Waals surface area contributed by atoms with Gasteiger partial charge in [-0.1, -0.05) is 26.2 Å². The summed E-state index contributed by atoms with van der Waals surface area (Å²) >= 11 is 0. The second-order valence-electron chi connectivity index (χ2n) is 6.06. The molecule has 2 N–H and O–H groups in total. The van der Waals surface area contributed by atoms with Crippen LogP contribution in [-0.2, 0) is 0 Å². The highest BCUT2D eigenvalue weighted by Gasteiger charge is 2.20. The van der Waals surface area contributed by atoms with Gasteiger partial charge in [-0.05, 0) is 24.7 Å². The van der Waals surface area contributed by atoms with Crippen LogP contribution in [0.25, 0.3) is 5.65 Å². The first-order valence-electron chi connectivity index (χ1n) is 8.05. The summed E-state index contributed by atoms with van der Waals surface area (Å²) in [5, 5.41) is 6.62. The minimum atomic E-state index is 0.767. The molecule has 0 bridgehead atoms. The molecule has 0 atom stereocenters. The van der Waals surface area contributed by atoms with E-state index in [4.69, 9.17) is 0 Å². The van der Waals surface area contributed by atoms with Crippen LogP contribution in [0.2, 0.25) is 0 Å². The fraction of sp³-hybridized carbons (Fsp3) is 0.625. The van der Waals surface area contributed by atoms with E-state index in [-0.39, 0.29) is 0 Å². The highest BCUT2D eigenvalue weighted by atomic mass is 15.1. The van der Waals surface area contributed by atoms with Crippen molar-refractivity contribution in [1.82, 2.24) is 14.4 Å². The largest absolute Gasteiger partial charge is 0.372 e. The molecule has 2 aromatic heterocycles. The molecule has 3 rings (SSSR count). The van der Waals surface area contributed by atoms with Gasteiger partial charge in [-0.15, -0.1) is 0 Å². The first-order chi connectivity index (χ1) is 10.3. The third-order valence-electron chi connectivity index (χ3n) is 4.73. The molecule has 5 nitrogen and oxygen atoms in total. The lowest BCUT2D eigenvalue weighted by atomic mass is 9.81. The van der Waals surface area contributed by atoms with Gasteiger partial charge in [0.2, 0.25) is 0 Å². The molecule has 1 saturated carbocycles. The number of fused-ring (bicyclic) bond motifs is 1. The third kappa shape index (κ3) is 3.12. The third-order valence-corrected chi connectivity index (χ3v) is 4.73. The maximum absolute atomic E-state index is 4.60. The zero-order chi connectivity index (χ0) is 14.7. The Labute approximate surface area is 126 Å². The van der Waals surface area contributed by atoms with Crippen LogP contribution in [-0.4, -0.2) is 28.0 Å². The molecule has 2 aromatic rings. The number of nitrogens with one attached hydrogen (secondary N) is 2. The van der Waals surface area contributed by atoms with Crippen molar-refractivity contribution in [1.29, 1.82) is 0 Å². The number of imidazole rings is 1. The fourth-order valence-electron chi connectivity index (χ4n) is 3.26. The normalized spacial score (nSPS) is 22.4. The van der Waals surface area contributed by atoms with Gasteiger partial charge in [-0.25, -0.2) is 9.97 Å². The van der Waals surface area contributed by atoms with Crippen LogP contribution in [0.5, 0.6) is 0 Å². The van der Waals surface area contributed by atoms with Crippen LogP contribution in [0.4, 0.5) is 11.6 Å². The standard InChI is InChI=1S/C16H25N5/c1-3-12-4-6-13(7-5-12)10-19-15-16-18-8-9-21(16)11-14(17-2)20-15/h8-9,11-13,17H,3-7,10H2,1-2H3,(H,19,20). The van der Waals surface area contributed by atoms with Crippen LogP contribution in [0.15, 0.2) is 18.6 Å². The molecule has 0 unspecified atom stereocenters. The molecule has 1 fully saturated rings. The molecule has 0 spiro atoms. The van der Waals surface area contributed by atoms with E-state index in [1.165, 1.54) is 32.1 Å². The molecular formula is C16H25N5. The molecule has 1 aliphatic rings. The van der Waals surface area contributed by atoms with Crippen molar-refractivity contribution in [2.24, 2.45) is 11.8 Å². The molecule has 0 aliphatic heterocycles. The van der Waals surface area contributed by atoms with Gasteiger partial charge in [0.15, 0.2) is 11.5 Å². The second kappa shape index (κ2) is 6.33. The van der Waals surface area contributed by atoms with Crippen LogP contribution in [0, 0.1) is 11.8 Å². The van der Waals surface area contributed by atoms with Crippen LogP contribution >= 0.6 is 0 Å². The fourth-order valence-corrected chi connectivity index (χ4v) is 3.26. The molecule has 0 radical (unpaired) electrons. The first-order valence-corrected chi connectivity index (χ1v) is 8.05. The molecule has 114 valence electrons. The minimum absolute atomic E-state index is 0.767. The monoisotopic (exact) mass is 287 g/mol. The molecule has 0 amide bonds. The number of hydrogen-bond acceptors (Lipinski definition) is 4. The van der Waals surface area contributed by atoms with Gasteiger partial charge in [-0.3, -0.25) is 0 Å². The average molecular weight is 287 g/mol. The highest BCUT2D eigenvalue weighted by Crippen LogP contribution is 2.30. The number of aromatic nitrogens is 3. The Morgan fingerprint density at radius 1 is 1.24 bits per heavy atom. The molecule has 5 heteroatoms. The van der Waals surface area contributed by atoms with E-state index in [1.807, 2.05) is 30.0 Å². The Balaban J connectivity index is 1.66. The minimum Gasteiger partial charge on any atom is -0.372 e. The maximum Gasteiger partial charge on any atom is 0.180 e. The van der Waals surface area contributed by atoms with Gasteiger partial charge in [0.05, 0.1) is 6.20 Å². The number of anilines is 2. The Morgan fingerprint density at radius 2 is 2.00 bits per heavy atom. The quantitative estimate of drug-likeness (QED) is 0.885. The van der Waals surface area contributed by atoms with E-state index < -0.39 is 0 Å². The summed E-state index contributed by atoms with van der Waals surface area (Å²) in [5.41, 5.74) is 0.899. The molecule has 1 aliphatic carbocycles. The summed E-state index contributed by atoms with van der Waals surface area (Å²) < 4.78 is 2.01. The Kier molecular flexibility index (Phi) is 4.27. The molecule has 0 saturated heterocycles. The first kappa shape index (κ1) is 14.2. The van der Waals surface area contributed by atoms with Crippen molar-refractivity contribution < 1.29 is 0 Å². The van der Waals surface area contributed by atoms with Gasteiger partial charge in [0.25, 0.3) is 0 Å². The average Bonchev–Trinajstić information content (AvgIpc) is 3.01. The van der Waals surface area contributed by atoms with Crippen molar-refractivity contribution in [3.05, 3.63) is 18.6 Å². The van der Waals surface area contributed by atoms with E-state index >= 15 is 0 Å². The number of rotatable bonds is 5. The van der Waals surface area contributed by atoms with Crippen molar-refractivity contribution in [3.63, 3.8) is 0 Å². The smallest absolute Gasteiger partial charge is 0.180 e. The molecule has 0 aromatic carbocycles. The Bertz CT molecular complexity index is 583. The maximum atomic E-state index is 4.60. The topological polar surface area (TPSA) is 54.2 Å². The summed E-state index contributed by atoms with van der Waals surface area (Å²) in [6, 6.07) is 0. The summed E-state index contributed by atoms with van der Waals surface area (Å²) in [7, 11) is 1.89. The van der Waals surface area contributed by atoms with E-state index in [1.54, 1.807) is 0 Å². The van der Waals surface area contributed by atoms with Gasteiger partial charge in [-0.2, -0.15) is 0 Å². The summed E-state index contributed by atoms with van der Waals surface area (Å²) in [5.74, 6) is 3.45. The summed E-state index contributed by atoms with van der Waals surface area (Å²) in [4.78, 5) is 8.99. The lowest BCUT2D eigenvalue weighted by molar-refractivity contribution is 0.278. The lowest BCUT2D eigenvalue weighted by Crippen LogP contribution is -2.21. The van der Waals surface area contributed by atoms with Crippen LogP contribution < -0.4 is 10.6 Å². The molecular weight excluding hydrogens is 262 g/mol. The van der Waals surface area contributed by atoms with Crippen molar-refractivity contribution in [3.8, 4) is 0 Å². The van der Waals surface area contributed by atoms with Crippen molar-refractivity contribution >= 4 is 17.3 Å². The second-order valence-corrected chi connectivity index (χ2v) is 6.06. The zero-order valence-corrected chi connectivity index (χ0v) is 13.0. The lowest BCUT2D eigenvalue weighted by Gasteiger charge is -2.28.